The molecule has 1 atom stereocenters. The predicted molar refractivity (Wildman–Crippen MR) is 152 cm³/mol. The number of nitriles is 1. The highest BCUT2D eigenvalue weighted by molar-refractivity contribution is 8.03. The van der Waals surface area contributed by atoms with Gasteiger partial charge in [0, 0.05) is 21.9 Å². The maximum atomic E-state index is 13.7. The van der Waals surface area contributed by atoms with Gasteiger partial charge in [0.05, 0.1) is 41.1 Å². The third-order valence-corrected chi connectivity index (χ3v) is 7.55. The van der Waals surface area contributed by atoms with Crippen molar-refractivity contribution < 1.29 is 14.3 Å². The van der Waals surface area contributed by atoms with Crippen LogP contribution in [-0.2, 0) is 4.79 Å². The van der Waals surface area contributed by atoms with Crippen molar-refractivity contribution in [2.24, 2.45) is 0 Å². The summed E-state index contributed by atoms with van der Waals surface area (Å²) in [5, 5.41) is 17.4. The monoisotopic (exact) mass is 543 g/mol. The number of thioether (sulfide) groups is 1. The molecule has 1 aliphatic rings. The number of dihydropyridines is 1. The average molecular weight is 544 g/mol. The zero-order valence-electron chi connectivity index (χ0n) is 21.2. The number of nitrogens with one attached hydrogen (secondary N) is 2. The highest BCUT2D eigenvalue weighted by Crippen LogP contribution is 2.43. The van der Waals surface area contributed by atoms with Crippen LogP contribution in [0.25, 0.3) is 0 Å². The molecule has 4 rings (SSSR count). The van der Waals surface area contributed by atoms with Crippen molar-refractivity contribution in [3.05, 3.63) is 116 Å². The summed E-state index contributed by atoms with van der Waals surface area (Å²) in [6.45, 7) is 3.74. The van der Waals surface area contributed by atoms with Crippen LogP contribution in [0.2, 0.25) is 5.02 Å². The van der Waals surface area contributed by atoms with Crippen molar-refractivity contribution in [1.29, 1.82) is 5.26 Å². The zero-order valence-corrected chi connectivity index (χ0v) is 22.7. The second kappa shape index (κ2) is 12.0. The minimum Gasteiger partial charge on any atom is -0.495 e. The molecular formula is C30H26ClN3O3S. The summed E-state index contributed by atoms with van der Waals surface area (Å²) in [6.07, 6.45) is 0. The van der Waals surface area contributed by atoms with Crippen LogP contribution < -0.4 is 15.4 Å². The Labute approximate surface area is 231 Å². The van der Waals surface area contributed by atoms with Crippen LogP contribution in [0.3, 0.4) is 0 Å². The number of hydrogen-bond donors (Lipinski definition) is 2. The van der Waals surface area contributed by atoms with Gasteiger partial charge in [-0.25, -0.2) is 0 Å². The number of methoxy groups -OCH3 is 1. The number of para-hydroxylation sites is 2. The fourth-order valence-corrected chi connectivity index (χ4v) is 5.48. The first kappa shape index (κ1) is 27.1. The molecule has 0 saturated heterocycles. The second-order valence-electron chi connectivity index (χ2n) is 8.71. The number of nitrogens with zero attached hydrogens (tertiary/aromatic N) is 1. The minimum absolute atomic E-state index is 0.0581. The van der Waals surface area contributed by atoms with Crippen molar-refractivity contribution in [3.8, 4) is 11.8 Å². The molecule has 0 fully saturated rings. The Bertz CT molecular complexity index is 1490. The lowest BCUT2D eigenvalue weighted by Crippen LogP contribution is -2.31. The summed E-state index contributed by atoms with van der Waals surface area (Å²) in [4.78, 5) is 26.5. The van der Waals surface area contributed by atoms with Gasteiger partial charge in [-0.15, -0.1) is 0 Å². The summed E-state index contributed by atoms with van der Waals surface area (Å²) in [5.41, 5.74) is 4.03. The number of rotatable bonds is 8. The Hall–Kier alpha value is -3.99. The number of ketones is 1. The van der Waals surface area contributed by atoms with Crippen molar-refractivity contribution in [2.75, 3.05) is 18.2 Å². The molecule has 1 unspecified atom stereocenters. The van der Waals surface area contributed by atoms with E-state index in [1.807, 2.05) is 31.2 Å². The Morgan fingerprint density at radius 1 is 1.05 bits per heavy atom. The maximum absolute atomic E-state index is 13.7. The molecule has 3 aromatic rings. The molecule has 1 heterocycles. The number of carbonyl (C=O) groups is 2. The van der Waals surface area contributed by atoms with Gasteiger partial charge >= 0.3 is 0 Å². The van der Waals surface area contributed by atoms with E-state index in [-0.39, 0.29) is 11.5 Å². The molecule has 3 aromatic carbocycles. The van der Waals surface area contributed by atoms with Gasteiger partial charge in [-0.1, -0.05) is 83.5 Å². The Morgan fingerprint density at radius 3 is 2.42 bits per heavy atom. The number of anilines is 1. The van der Waals surface area contributed by atoms with E-state index in [1.165, 1.54) is 18.9 Å². The number of allylic oxidation sites excluding steroid dienone is 2. The van der Waals surface area contributed by atoms with E-state index in [2.05, 4.69) is 16.7 Å². The van der Waals surface area contributed by atoms with Crippen molar-refractivity contribution >= 4 is 40.7 Å². The van der Waals surface area contributed by atoms with E-state index < -0.39 is 11.8 Å². The second-order valence-corrected chi connectivity index (χ2v) is 10.1. The lowest BCUT2D eigenvalue weighted by Gasteiger charge is -2.30. The lowest BCUT2D eigenvalue weighted by atomic mass is 9.82. The van der Waals surface area contributed by atoms with Crippen LogP contribution >= 0.6 is 23.4 Å². The van der Waals surface area contributed by atoms with Gasteiger partial charge in [-0.05, 0) is 37.6 Å². The molecule has 8 heteroatoms. The Morgan fingerprint density at radius 2 is 1.74 bits per heavy atom. The quantitative estimate of drug-likeness (QED) is 0.311. The predicted octanol–water partition coefficient (Wildman–Crippen LogP) is 6.61. The number of ether oxygens (including phenoxy) is 1. The number of benzene rings is 3. The van der Waals surface area contributed by atoms with Crippen LogP contribution in [0, 0.1) is 18.3 Å². The number of Topliss-reactive ketones (excluding diaryl/α,β-unsaturated/α-hetero) is 1. The van der Waals surface area contributed by atoms with Crippen molar-refractivity contribution in [3.63, 3.8) is 0 Å². The number of hydrogen-bond acceptors (Lipinski definition) is 6. The summed E-state index contributed by atoms with van der Waals surface area (Å²) < 4.78 is 5.38. The van der Waals surface area contributed by atoms with Gasteiger partial charge in [-0.2, -0.15) is 5.26 Å². The fourth-order valence-electron chi connectivity index (χ4n) is 4.25. The maximum Gasteiger partial charge on any atom is 0.254 e. The van der Waals surface area contributed by atoms with Crippen LogP contribution in [0.5, 0.6) is 5.75 Å². The number of carbonyl (C=O) groups excluding carboxylic acids is 2. The highest BCUT2D eigenvalue weighted by Gasteiger charge is 2.36. The van der Waals surface area contributed by atoms with Crippen LogP contribution in [-0.4, -0.2) is 24.6 Å². The molecule has 0 saturated carbocycles. The van der Waals surface area contributed by atoms with E-state index in [4.69, 9.17) is 16.3 Å². The lowest BCUT2D eigenvalue weighted by molar-refractivity contribution is -0.113. The van der Waals surface area contributed by atoms with Gasteiger partial charge in [0.1, 0.15) is 5.75 Å². The molecule has 0 spiro atoms. The molecule has 0 aromatic heterocycles. The fraction of sp³-hybridized carbons (Fsp3) is 0.167. The summed E-state index contributed by atoms with van der Waals surface area (Å²) in [5.74, 6) is -0.545. The van der Waals surface area contributed by atoms with Gasteiger partial charge in [-0.3, -0.25) is 9.59 Å². The highest BCUT2D eigenvalue weighted by atomic mass is 35.5. The van der Waals surface area contributed by atoms with Gasteiger partial charge in [0.25, 0.3) is 5.91 Å². The Balaban J connectivity index is 1.70. The first-order valence-electron chi connectivity index (χ1n) is 11.9. The van der Waals surface area contributed by atoms with Crippen molar-refractivity contribution in [2.45, 2.75) is 19.8 Å². The third kappa shape index (κ3) is 5.77. The molecule has 0 aliphatic carbocycles. The number of halogens is 1. The standard InChI is InChI=1S/C30H26ClN3O3S/c1-18-12-14-20(15-13-18)25(35)17-38-30-22(16-32)28(21-8-4-5-9-23(21)31)27(19(2)33-30)29(36)34-24-10-6-7-11-26(24)37-3/h4-15,28,33H,17H2,1-3H3,(H,34,36). The summed E-state index contributed by atoms with van der Waals surface area (Å²) in [6, 6.07) is 23.9. The van der Waals surface area contributed by atoms with Gasteiger partial charge in [0.15, 0.2) is 5.78 Å². The number of amides is 1. The van der Waals surface area contributed by atoms with E-state index in [0.717, 1.165) is 5.56 Å². The molecule has 6 nitrogen and oxygen atoms in total. The molecular weight excluding hydrogens is 518 g/mol. The van der Waals surface area contributed by atoms with Crippen LogP contribution in [0.1, 0.15) is 34.3 Å². The van der Waals surface area contributed by atoms with E-state index in [0.29, 0.717) is 49.5 Å². The third-order valence-electron chi connectivity index (χ3n) is 6.18. The topological polar surface area (TPSA) is 91.2 Å². The molecule has 38 heavy (non-hydrogen) atoms. The number of aryl methyl sites for hydroxylation is 1. The normalized spacial score (nSPS) is 15.0. The van der Waals surface area contributed by atoms with E-state index in [1.54, 1.807) is 55.5 Å². The molecule has 1 aliphatic heterocycles. The zero-order chi connectivity index (χ0) is 27.2. The molecule has 1 amide bonds. The smallest absolute Gasteiger partial charge is 0.254 e. The van der Waals surface area contributed by atoms with Gasteiger partial charge < -0.3 is 15.4 Å². The van der Waals surface area contributed by atoms with E-state index in [9.17, 15) is 14.9 Å². The first-order chi connectivity index (χ1) is 18.3. The molecule has 0 bridgehead atoms. The first-order valence-corrected chi connectivity index (χ1v) is 13.2. The summed E-state index contributed by atoms with van der Waals surface area (Å²) >= 11 is 7.82. The van der Waals surface area contributed by atoms with Crippen LogP contribution in [0.15, 0.2) is 94.7 Å². The van der Waals surface area contributed by atoms with Crippen LogP contribution in [0.4, 0.5) is 5.69 Å². The average Bonchev–Trinajstić information content (AvgIpc) is 2.92. The molecule has 0 radical (unpaired) electrons. The SMILES string of the molecule is COc1ccccc1NC(=O)C1=C(C)NC(SCC(=O)c2ccc(C)cc2)=C(C#N)C1c1ccccc1Cl. The molecule has 192 valence electrons. The largest absolute Gasteiger partial charge is 0.495 e. The van der Waals surface area contributed by atoms with E-state index >= 15 is 0 Å². The minimum atomic E-state index is -0.735. The summed E-state index contributed by atoms with van der Waals surface area (Å²) in [7, 11) is 1.53. The molecule has 2 N–H and O–H groups in total. The van der Waals surface area contributed by atoms with Gasteiger partial charge in [0.2, 0.25) is 0 Å². The van der Waals surface area contributed by atoms with Crippen molar-refractivity contribution in [1.82, 2.24) is 5.32 Å². The Kier molecular flexibility index (Phi) is 8.57.